The molecule has 1 aliphatic carbocycles. The summed E-state index contributed by atoms with van der Waals surface area (Å²) < 4.78 is 4.69. The van der Waals surface area contributed by atoms with E-state index in [1.54, 1.807) is 12.1 Å². The molecule has 0 heterocycles. The van der Waals surface area contributed by atoms with Gasteiger partial charge in [-0.05, 0) is 48.8 Å². The lowest BCUT2D eigenvalue weighted by Gasteiger charge is -2.28. The van der Waals surface area contributed by atoms with E-state index in [2.05, 4.69) is 16.1 Å². The first kappa shape index (κ1) is 19.0. The first-order valence-electron chi connectivity index (χ1n) is 8.93. The lowest BCUT2D eigenvalue weighted by Crippen LogP contribution is -2.31. The van der Waals surface area contributed by atoms with Gasteiger partial charge in [-0.25, -0.2) is 0 Å². The molecule has 25 heavy (non-hydrogen) atoms. The monoisotopic (exact) mass is 342 g/mol. The van der Waals surface area contributed by atoms with Crippen molar-refractivity contribution in [3.05, 3.63) is 35.4 Å². The third kappa shape index (κ3) is 6.22. The van der Waals surface area contributed by atoms with Crippen molar-refractivity contribution >= 4 is 11.9 Å². The van der Waals surface area contributed by atoms with E-state index in [0.717, 1.165) is 37.7 Å². The first-order valence-corrected chi connectivity index (χ1v) is 8.93. The van der Waals surface area contributed by atoms with Crippen LogP contribution in [0.4, 0.5) is 0 Å². The van der Waals surface area contributed by atoms with Gasteiger partial charge in [0.15, 0.2) is 0 Å². The SMILES string of the molecule is COC(=O)CCC1CCC(CNC(=O)c2ccc(CC#N)cc2)CC1. The van der Waals surface area contributed by atoms with Crippen LogP contribution in [-0.4, -0.2) is 25.5 Å². The zero-order valence-electron chi connectivity index (χ0n) is 14.8. The molecule has 0 spiro atoms. The fourth-order valence-electron chi connectivity index (χ4n) is 3.35. The summed E-state index contributed by atoms with van der Waals surface area (Å²) in [6.07, 6.45) is 6.17. The van der Waals surface area contributed by atoms with Crippen molar-refractivity contribution in [2.45, 2.75) is 44.9 Å². The Morgan fingerprint density at radius 3 is 2.40 bits per heavy atom. The Morgan fingerprint density at radius 2 is 1.80 bits per heavy atom. The molecule has 1 N–H and O–H groups in total. The number of amides is 1. The van der Waals surface area contributed by atoms with E-state index in [4.69, 9.17) is 5.26 Å². The highest BCUT2D eigenvalue weighted by Gasteiger charge is 2.22. The summed E-state index contributed by atoms with van der Waals surface area (Å²) in [7, 11) is 1.43. The zero-order valence-corrected chi connectivity index (χ0v) is 14.8. The van der Waals surface area contributed by atoms with Gasteiger partial charge in [0.05, 0.1) is 19.6 Å². The fourth-order valence-corrected chi connectivity index (χ4v) is 3.35. The Labute approximate surface area is 149 Å². The maximum Gasteiger partial charge on any atom is 0.305 e. The molecule has 0 unspecified atom stereocenters. The molecule has 0 aliphatic heterocycles. The van der Waals surface area contributed by atoms with Crippen LogP contribution in [0, 0.1) is 23.2 Å². The standard InChI is InChI=1S/C20H26N2O3/c1-25-19(23)11-8-15-2-4-17(5-3-15)14-22-20(24)18-9-6-16(7-10-18)12-13-21/h6-7,9-10,15,17H,2-5,8,11-12,14H2,1H3,(H,22,24). The number of hydrogen-bond donors (Lipinski definition) is 1. The number of benzene rings is 1. The largest absolute Gasteiger partial charge is 0.469 e. The number of nitrogens with one attached hydrogen (secondary N) is 1. The lowest BCUT2D eigenvalue weighted by atomic mass is 9.80. The highest BCUT2D eigenvalue weighted by atomic mass is 16.5. The first-order chi connectivity index (χ1) is 12.1. The fraction of sp³-hybridized carbons (Fsp3) is 0.550. The van der Waals surface area contributed by atoms with Crippen molar-refractivity contribution in [3.8, 4) is 6.07 Å². The molecule has 5 heteroatoms. The summed E-state index contributed by atoms with van der Waals surface area (Å²) in [6.45, 7) is 0.697. The van der Waals surface area contributed by atoms with Crippen LogP contribution in [0.1, 0.15) is 54.4 Å². The Balaban J connectivity index is 1.69. The van der Waals surface area contributed by atoms with Crippen LogP contribution in [0.25, 0.3) is 0 Å². The number of nitrogens with zero attached hydrogens (tertiary/aromatic N) is 1. The molecule has 5 nitrogen and oxygen atoms in total. The molecule has 0 radical (unpaired) electrons. The van der Waals surface area contributed by atoms with Crippen LogP contribution in [0.3, 0.4) is 0 Å². The number of hydrogen-bond acceptors (Lipinski definition) is 4. The molecule has 134 valence electrons. The van der Waals surface area contributed by atoms with Crippen LogP contribution in [-0.2, 0) is 16.0 Å². The Bertz CT molecular complexity index is 611. The molecule has 0 aromatic heterocycles. The van der Waals surface area contributed by atoms with Crippen LogP contribution in [0.15, 0.2) is 24.3 Å². The van der Waals surface area contributed by atoms with Gasteiger partial charge in [-0.15, -0.1) is 0 Å². The average molecular weight is 342 g/mol. The minimum absolute atomic E-state index is 0.0590. The highest BCUT2D eigenvalue weighted by molar-refractivity contribution is 5.94. The molecule has 1 saturated carbocycles. The van der Waals surface area contributed by atoms with Gasteiger partial charge in [0, 0.05) is 18.5 Å². The van der Waals surface area contributed by atoms with E-state index < -0.39 is 0 Å². The number of esters is 1. The normalized spacial score (nSPS) is 19.7. The van der Waals surface area contributed by atoms with Crippen molar-refractivity contribution in [2.75, 3.05) is 13.7 Å². The number of carbonyl (C=O) groups is 2. The maximum atomic E-state index is 12.2. The molecule has 0 bridgehead atoms. The number of methoxy groups -OCH3 is 1. The lowest BCUT2D eigenvalue weighted by molar-refractivity contribution is -0.141. The van der Waals surface area contributed by atoms with Gasteiger partial charge in [-0.1, -0.05) is 25.0 Å². The minimum atomic E-state index is -0.129. The van der Waals surface area contributed by atoms with E-state index in [0.29, 0.717) is 36.8 Å². The Morgan fingerprint density at radius 1 is 1.16 bits per heavy atom. The topological polar surface area (TPSA) is 79.2 Å². The van der Waals surface area contributed by atoms with Crippen LogP contribution < -0.4 is 5.32 Å². The molecular weight excluding hydrogens is 316 g/mol. The van der Waals surface area contributed by atoms with Gasteiger partial charge in [-0.2, -0.15) is 5.26 Å². The maximum absolute atomic E-state index is 12.2. The van der Waals surface area contributed by atoms with E-state index in [9.17, 15) is 9.59 Å². The Kier molecular flexibility index (Phi) is 7.46. The second kappa shape index (κ2) is 9.83. The molecular formula is C20H26N2O3. The second-order valence-corrected chi connectivity index (χ2v) is 6.74. The summed E-state index contributed by atoms with van der Waals surface area (Å²) in [6, 6.07) is 9.28. The van der Waals surface area contributed by atoms with Crippen LogP contribution >= 0.6 is 0 Å². The van der Waals surface area contributed by atoms with Gasteiger partial charge >= 0.3 is 5.97 Å². The van der Waals surface area contributed by atoms with Gasteiger partial charge in [0.25, 0.3) is 5.91 Å². The molecule has 2 rings (SSSR count). The molecule has 1 amide bonds. The third-order valence-corrected chi connectivity index (χ3v) is 5.00. The number of carbonyl (C=O) groups excluding carboxylic acids is 2. The number of ether oxygens (including phenoxy) is 1. The zero-order chi connectivity index (χ0) is 18.1. The van der Waals surface area contributed by atoms with Crippen LogP contribution in [0.5, 0.6) is 0 Å². The van der Waals surface area contributed by atoms with Gasteiger partial charge in [0.1, 0.15) is 0 Å². The average Bonchev–Trinajstić information content (AvgIpc) is 2.65. The summed E-state index contributed by atoms with van der Waals surface area (Å²) in [4.78, 5) is 23.4. The third-order valence-electron chi connectivity index (χ3n) is 5.00. The molecule has 1 aromatic rings. The quantitative estimate of drug-likeness (QED) is 0.772. The minimum Gasteiger partial charge on any atom is -0.469 e. The van der Waals surface area contributed by atoms with Crippen molar-refractivity contribution in [1.29, 1.82) is 5.26 Å². The van der Waals surface area contributed by atoms with Gasteiger partial charge in [0.2, 0.25) is 0 Å². The Hall–Kier alpha value is -2.35. The van der Waals surface area contributed by atoms with Gasteiger partial charge < -0.3 is 10.1 Å². The molecule has 0 saturated heterocycles. The predicted molar refractivity (Wildman–Crippen MR) is 94.8 cm³/mol. The van der Waals surface area contributed by atoms with Crippen molar-refractivity contribution < 1.29 is 14.3 Å². The van der Waals surface area contributed by atoms with Gasteiger partial charge in [-0.3, -0.25) is 9.59 Å². The van der Waals surface area contributed by atoms with E-state index in [1.807, 2.05) is 12.1 Å². The van der Waals surface area contributed by atoms with E-state index in [-0.39, 0.29) is 11.9 Å². The smallest absolute Gasteiger partial charge is 0.305 e. The summed E-state index contributed by atoms with van der Waals surface area (Å²) in [5.74, 6) is 0.918. The van der Waals surface area contributed by atoms with Crippen LogP contribution in [0.2, 0.25) is 0 Å². The summed E-state index contributed by atoms with van der Waals surface area (Å²) in [5.41, 5.74) is 1.55. The molecule has 0 atom stereocenters. The van der Waals surface area contributed by atoms with Crippen molar-refractivity contribution in [2.24, 2.45) is 11.8 Å². The predicted octanol–water partition coefficient (Wildman–Crippen LogP) is 3.24. The summed E-state index contributed by atoms with van der Waals surface area (Å²) in [5, 5.41) is 11.7. The molecule has 1 aromatic carbocycles. The molecule has 1 fully saturated rings. The van der Waals surface area contributed by atoms with Crippen molar-refractivity contribution in [3.63, 3.8) is 0 Å². The number of rotatable bonds is 7. The second-order valence-electron chi connectivity index (χ2n) is 6.74. The van der Waals surface area contributed by atoms with E-state index >= 15 is 0 Å². The number of nitriles is 1. The highest BCUT2D eigenvalue weighted by Crippen LogP contribution is 2.31. The van der Waals surface area contributed by atoms with Crippen molar-refractivity contribution in [1.82, 2.24) is 5.32 Å². The molecule has 1 aliphatic rings. The summed E-state index contributed by atoms with van der Waals surface area (Å²) >= 11 is 0. The van der Waals surface area contributed by atoms with E-state index in [1.165, 1.54) is 7.11 Å².